The SMILES string of the molecule is Nc1ccccc1-c1ccccc1-c1ccccc1-c1ccccc1-c1ccccc1-c1ccccc1-c1ccccc1-c1ccccc1. The van der Waals surface area contributed by atoms with Gasteiger partial charge in [-0.15, -0.1) is 0 Å². The standard InChI is InChI=1S/C48H35N/c49-48-33-17-16-32-47(48)46-31-15-14-30-45(46)44-29-13-12-28-43(44)42-27-11-10-26-41(42)40-25-9-8-24-39(40)38-23-7-6-22-37(38)36-21-5-4-20-35(36)34-18-2-1-3-19-34/h1-33H,49H2. The Kier molecular flexibility index (Phi) is 8.16. The Morgan fingerprint density at radius 2 is 0.388 bits per heavy atom. The van der Waals surface area contributed by atoms with Gasteiger partial charge in [-0.1, -0.05) is 194 Å². The first kappa shape index (κ1) is 29.9. The van der Waals surface area contributed by atoms with Crippen molar-refractivity contribution in [1.82, 2.24) is 0 Å². The third-order valence-electron chi connectivity index (χ3n) is 9.35. The molecular weight excluding hydrogens is 591 g/mol. The van der Waals surface area contributed by atoms with Crippen LogP contribution in [0.4, 0.5) is 5.69 Å². The van der Waals surface area contributed by atoms with E-state index >= 15 is 0 Å². The van der Waals surface area contributed by atoms with Crippen LogP contribution in [-0.2, 0) is 0 Å². The average molecular weight is 626 g/mol. The topological polar surface area (TPSA) is 26.0 Å². The molecule has 0 radical (unpaired) electrons. The molecule has 49 heavy (non-hydrogen) atoms. The lowest BCUT2D eigenvalue weighted by Gasteiger charge is -2.20. The summed E-state index contributed by atoms with van der Waals surface area (Å²) in [6.45, 7) is 0. The molecule has 0 spiro atoms. The molecule has 8 rings (SSSR count). The van der Waals surface area contributed by atoms with Gasteiger partial charge in [-0.25, -0.2) is 0 Å². The van der Waals surface area contributed by atoms with E-state index in [4.69, 9.17) is 5.73 Å². The first-order valence-electron chi connectivity index (χ1n) is 16.7. The highest BCUT2D eigenvalue weighted by Gasteiger charge is 2.19. The summed E-state index contributed by atoms with van der Waals surface area (Å²) >= 11 is 0. The Morgan fingerprint density at radius 1 is 0.184 bits per heavy atom. The van der Waals surface area contributed by atoms with E-state index in [0.717, 1.165) is 22.4 Å². The maximum Gasteiger partial charge on any atom is 0.0393 e. The second kappa shape index (κ2) is 13.4. The molecule has 1 nitrogen and oxygen atoms in total. The Balaban J connectivity index is 1.31. The number of benzene rings is 8. The number of para-hydroxylation sites is 1. The highest BCUT2D eigenvalue weighted by molar-refractivity contribution is 6.01. The van der Waals surface area contributed by atoms with Crippen LogP contribution in [0.1, 0.15) is 0 Å². The molecule has 0 aliphatic heterocycles. The summed E-state index contributed by atoms with van der Waals surface area (Å²) in [4.78, 5) is 0. The molecule has 0 amide bonds. The van der Waals surface area contributed by atoms with E-state index in [1.165, 1.54) is 61.2 Å². The van der Waals surface area contributed by atoms with Crippen LogP contribution in [0.25, 0.3) is 77.9 Å². The summed E-state index contributed by atoms with van der Waals surface area (Å²) in [6.07, 6.45) is 0. The number of rotatable bonds is 7. The minimum atomic E-state index is 0.772. The predicted octanol–water partition coefficient (Wildman–Crippen LogP) is 12.9. The van der Waals surface area contributed by atoms with Crippen molar-refractivity contribution >= 4 is 5.69 Å². The van der Waals surface area contributed by atoms with Gasteiger partial charge >= 0.3 is 0 Å². The van der Waals surface area contributed by atoms with E-state index in [-0.39, 0.29) is 0 Å². The third-order valence-corrected chi connectivity index (χ3v) is 9.35. The number of nitrogens with two attached hydrogens (primary N) is 1. The quantitative estimate of drug-likeness (QED) is 0.175. The van der Waals surface area contributed by atoms with Crippen molar-refractivity contribution in [3.05, 3.63) is 200 Å². The molecule has 232 valence electrons. The van der Waals surface area contributed by atoms with Crippen LogP contribution in [0.2, 0.25) is 0 Å². The molecule has 0 atom stereocenters. The van der Waals surface area contributed by atoms with E-state index in [1.54, 1.807) is 0 Å². The average Bonchev–Trinajstić information content (AvgIpc) is 3.18. The summed E-state index contributed by atoms with van der Waals surface area (Å²) in [7, 11) is 0. The van der Waals surface area contributed by atoms with Crippen molar-refractivity contribution in [1.29, 1.82) is 0 Å². The fraction of sp³-hybridized carbons (Fsp3) is 0. The molecule has 0 heterocycles. The van der Waals surface area contributed by atoms with Gasteiger partial charge in [0.1, 0.15) is 0 Å². The fourth-order valence-corrected chi connectivity index (χ4v) is 7.09. The normalized spacial score (nSPS) is 10.9. The monoisotopic (exact) mass is 625 g/mol. The largest absolute Gasteiger partial charge is 0.398 e. The van der Waals surface area contributed by atoms with Gasteiger partial charge < -0.3 is 5.73 Å². The van der Waals surface area contributed by atoms with Crippen molar-refractivity contribution in [2.24, 2.45) is 0 Å². The van der Waals surface area contributed by atoms with Gasteiger partial charge in [0.05, 0.1) is 0 Å². The molecule has 0 saturated carbocycles. The van der Waals surface area contributed by atoms with Gasteiger partial charge in [0.25, 0.3) is 0 Å². The van der Waals surface area contributed by atoms with E-state index in [9.17, 15) is 0 Å². The van der Waals surface area contributed by atoms with E-state index < -0.39 is 0 Å². The zero-order valence-corrected chi connectivity index (χ0v) is 27.1. The van der Waals surface area contributed by atoms with Crippen LogP contribution in [-0.4, -0.2) is 0 Å². The van der Waals surface area contributed by atoms with Crippen molar-refractivity contribution in [3.8, 4) is 77.9 Å². The summed E-state index contributed by atoms with van der Waals surface area (Å²) in [5.41, 5.74) is 23.8. The summed E-state index contributed by atoms with van der Waals surface area (Å²) in [5, 5.41) is 0. The van der Waals surface area contributed by atoms with E-state index in [0.29, 0.717) is 0 Å². The van der Waals surface area contributed by atoms with Gasteiger partial charge in [-0.3, -0.25) is 0 Å². The number of nitrogen functional groups attached to an aromatic ring is 1. The maximum atomic E-state index is 6.52. The molecular formula is C48H35N. The third kappa shape index (κ3) is 5.73. The molecule has 0 bridgehead atoms. The number of anilines is 1. The highest BCUT2D eigenvalue weighted by Crippen LogP contribution is 2.46. The molecule has 0 aromatic heterocycles. The van der Waals surface area contributed by atoms with Crippen molar-refractivity contribution in [2.45, 2.75) is 0 Å². The van der Waals surface area contributed by atoms with Crippen LogP contribution in [0, 0.1) is 0 Å². The lowest BCUT2D eigenvalue weighted by Crippen LogP contribution is -1.95. The number of hydrogen-bond donors (Lipinski definition) is 1. The molecule has 0 fully saturated rings. The Labute approximate surface area is 288 Å². The first-order chi connectivity index (χ1) is 24.3. The van der Waals surface area contributed by atoms with E-state index in [1.807, 2.05) is 12.1 Å². The number of hydrogen-bond acceptors (Lipinski definition) is 1. The minimum absolute atomic E-state index is 0.772. The minimum Gasteiger partial charge on any atom is -0.398 e. The van der Waals surface area contributed by atoms with E-state index in [2.05, 4.69) is 188 Å². The molecule has 8 aromatic rings. The van der Waals surface area contributed by atoms with Crippen molar-refractivity contribution in [2.75, 3.05) is 5.73 Å². The summed E-state index contributed by atoms with van der Waals surface area (Å²) < 4.78 is 0. The maximum absolute atomic E-state index is 6.52. The second-order valence-electron chi connectivity index (χ2n) is 12.2. The molecule has 0 aliphatic rings. The predicted molar refractivity (Wildman–Crippen MR) is 209 cm³/mol. The van der Waals surface area contributed by atoms with Crippen LogP contribution in [0.5, 0.6) is 0 Å². The van der Waals surface area contributed by atoms with Gasteiger partial charge in [0.2, 0.25) is 0 Å². The van der Waals surface area contributed by atoms with Crippen LogP contribution >= 0.6 is 0 Å². The Morgan fingerprint density at radius 3 is 0.694 bits per heavy atom. The first-order valence-corrected chi connectivity index (χ1v) is 16.7. The van der Waals surface area contributed by atoms with Gasteiger partial charge in [0, 0.05) is 11.3 Å². The second-order valence-corrected chi connectivity index (χ2v) is 12.2. The van der Waals surface area contributed by atoms with Crippen molar-refractivity contribution in [3.63, 3.8) is 0 Å². The van der Waals surface area contributed by atoms with Crippen LogP contribution < -0.4 is 5.73 Å². The lowest BCUT2D eigenvalue weighted by molar-refractivity contribution is 1.53. The van der Waals surface area contributed by atoms with Gasteiger partial charge in [0.15, 0.2) is 0 Å². The molecule has 1 heteroatoms. The van der Waals surface area contributed by atoms with Crippen LogP contribution in [0.3, 0.4) is 0 Å². The fourth-order valence-electron chi connectivity index (χ4n) is 7.09. The van der Waals surface area contributed by atoms with Gasteiger partial charge in [-0.05, 0) is 78.4 Å². The zero-order chi connectivity index (χ0) is 33.0. The molecule has 8 aromatic carbocycles. The zero-order valence-electron chi connectivity index (χ0n) is 27.1. The summed E-state index contributed by atoms with van der Waals surface area (Å²) in [6, 6.07) is 71.2. The molecule has 0 aliphatic carbocycles. The summed E-state index contributed by atoms with van der Waals surface area (Å²) in [5.74, 6) is 0. The molecule has 0 saturated heterocycles. The lowest BCUT2D eigenvalue weighted by atomic mass is 9.83. The van der Waals surface area contributed by atoms with Gasteiger partial charge in [-0.2, -0.15) is 0 Å². The molecule has 2 N–H and O–H groups in total. The molecule has 0 unspecified atom stereocenters. The Hall–Kier alpha value is -6.44. The van der Waals surface area contributed by atoms with Crippen LogP contribution in [0.15, 0.2) is 200 Å². The Bertz CT molecular complexity index is 2400. The highest BCUT2D eigenvalue weighted by atomic mass is 14.6. The smallest absolute Gasteiger partial charge is 0.0393 e. The van der Waals surface area contributed by atoms with Crippen molar-refractivity contribution < 1.29 is 0 Å².